The summed E-state index contributed by atoms with van der Waals surface area (Å²) in [6, 6.07) is 5.44. The Labute approximate surface area is 90.5 Å². The Kier molecular flexibility index (Phi) is 3.13. The Balaban J connectivity index is 3.34. The van der Waals surface area contributed by atoms with Gasteiger partial charge in [-0.1, -0.05) is 6.07 Å². The largest absolute Gasteiger partial charge is 0.478 e. The summed E-state index contributed by atoms with van der Waals surface area (Å²) in [5.74, 6) is -0.881. The minimum Gasteiger partial charge on any atom is -0.478 e. The first-order valence-electron chi connectivity index (χ1n) is 3.73. The maximum absolute atomic E-state index is 10.9. The van der Waals surface area contributed by atoms with Gasteiger partial charge in [-0.25, -0.2) is 4.79 Å². The van der Waals surface area contributed by atoms with Gasteiger partial charge in [-0.15, -0.1) is 0 Å². The zero-order valence-corrected chi connectivity index (χ0v) is 9.57. The lowest BCUT2D eigenvalue weighted by Crippen LogP contribution is -2.14. The van der Waals surface area contributed by atoms with Crippen LogP contribution in [0.2, 0.25) is 0 Å². The highest BCUT2D eigenvalue weighted by molar-refractivity contribution is 14.1. The molecule has 0 radical (unpaired) electrons. The molecule has 0 heterocycles. The Bertz CT molecular complexity index is 336. The molecule has 0 aliphatic rings. The number of carbonyl (C=O) groups is 1. The molecule has 4 heteroatoms. The number of aromatic carboxylic acids is 1. The highest BCUT2D eigenvalue weighted by Crippen LogP contribution is 2.23. The van der Waals surface area contributed by atoms with Gasteiger partial charge in [0.05, 0.1) is 11.3 Å². The van der Waals surface area contributed by atoms with Crippen molar-refractivity contribution in [2.24, 2.45) is 0 Å². The summed E-state index contributed by atoms with van der Waals surface area (Å²) in [7, 11) is 3.66. The highest BCUT2D eigenvalue weighted by Gasteiger charge is 2.14. The third-order valence-electron chi connectivity index (χ3n) is 1.69. The molecular formula is C9H10INO2. The number of carboxylic acids is 1. The van der Waals surface area contributed by atoms with Gasteiger partial charge in [0.1, 0.15) is 0 Å². The molecule has 1 aromatic rings. The second-order valence-corrected chi connectivity index (χ2v) is 4.00. The van der Waals surface area contributed by atoms with Crippen LogP contribution in [0.1, 0.15) is 10.4 Å². The van der Waals surface area contributed by atoms with Crippen LogP contribution in [0.15, 0.2) is 18.2 Å². The monoisotopic (exact) mass is 291 g/mol. The van der Waals surface area contributed by atoms with Gasteiger partial charge in [-0.2, -0.15) is 0 Å². The van der Waals surface area contributed by atoms with Gasteiger partial charge in [0.2, 0.25) is 0 Å². The van der Waals surface area contributed by atoms with Crippen molar-refractivity contribution < 1.29 is 9.90 Å². The molecule has 0 aliphatic heterocycles. The average Bonchev–Trinajstić information content (AvgIpc) is 2.02. The summed E-state index contributed by atoms with van der Waals surface area (Å²) in [5.41, 5.74) is 1.10. The van der Waals surface area contributed by atoms with Crippen LogP contribution in [0.25, 0.3) is 0 Å². The maximum Gasteiger partial charge on any atom is 0.338 e. The fourth-order valence-electron chi connectivity index (χ4n) is 1.10. The van der Waals surface area contributed by atoms with Crippen LogP contribution in [0.5, 0.6) is 0 Å². The molecule has 0 fully saturated rings. The van der Waals surface area contributed by atoms with Crippen molar-refractivity contribution in [2.75, 3.05) is 19.0 Å². The van der Waals surface area contributed by atoms with Gasteiger partial charge in [0.15, 0.2) is 0 Å². The van der Waals surface area contributed by atoms with E-state index in [0.29, 0.717) is 5.56 Å². The van der Waals surface area contributed by atoms with E-state index in [2.05, 4.69) is 0 Å². The summed E-state index contributed by atoms with van der Waals surface area (Å²) in [6.45, 7) is 0. The van der Waals surface area contributed by atoms with Crippen LogP contribution in [0, 0.1) is 3.57 Å². The first-order chi connectivity index (χ1) is 6.04. The van der Waals surface area contributed by atoms with E-state index >= 15 is 0 Å². The van der Waals surface area contributed by atoms with E-state index in [0.717, 1.165) is 9.26 Å². The van der Waals surface area contributed by atoms with Gasteiger partial charge in [-0.3, -0.25) is 0 Å². The van der Waals surface area contributed by atoms with Crippen molar-refractivity contribution >= 4 is 34.2 Å². The number of anilines is 1. The van der Waals surface area contributed by atoms with Gasteiger partial charge in [0, 0.05) is 17.7 Å². The van der Waals surface area contributed by atoms with E-state index < -0.39 is 5.97 Å². The minimum atomic E-state index is -0.881. The summed E-state index contributed by atoms with van der Waals surface area (Å²) >= 11 is 2.03. The summed E-state index contributed by atoms with van der Waals surface area (Å²) < 4.78 is 0.760. The third kappa shape index (κ3) is 2.12. The Morgan fingerprint density at radius 1 is 1.46 bits per heavy atom. The second kappa shape index (κ2) is 3.95. The lowest BCUT2D eigenvalue weighted by Gasteiger charge is -2.15. The Hall–Kier alpha value is -0.780. The number of benzene rings is 1. The molecule has 0 aliphatic carbocycles. The third-order valence-corrected chi connectivity index (χ3v) is 2.59. The zero-order valence-electron chi connectivity index (χ0n) is 7.41. The first kappa shape index (κ1) is 10.3. The number of halogens is 1. The first-order valence-corrected chi connectivity index (χ1v) is 4.81. The molecule has 0 atom stereocenters. The highest BCUT2D eigenvalue weighted by atomic mass is 127. The number of hydrogen-bond donors (Lipinski definition) is 1. The lowest BCUT2D eigenvalue weighted by molar-refractivity contribution is 0.0696. The van der Waals surface area contributed by atoms with Crippen molar-refractivity contribution in [3.8, 4) is 0 Å². The summed E-state index contributed by atoms with van der Waals surface area (Å²) in [5, 5.41) is 8.96. The number of carboxylic acid groups (broad SMARTS) is 1. The van der Waals surface area contributed by atoms with Crippen molar-refractivity contribution in [3.63, 3.8) is 0 Å². The van der Waals surface area contributed by atoms with Crippen molar-refractivity contribution in [1.82, 2.24) is 0 Å². The van der Waals surface area contributed by atoms with Crippen LogP contribution in [0.3, 0.4) is 0 Å². The number of nitrogens with zero attached hydrogens (tertiary/aromatic N) is 1. The fraction of sp³-hybridized carbons (Fsp3) is 0.222. The van der Waals surface area contributed by atoms with Gasteiger partial charge in [0.25, 0.3) is 0 Å². The molecule has 0 spiro atoms. The molecule has 0 amide bonds. The van der Waals surface area contributed by atoms with E-state index in [1.54, 1.807) is 17.0 Å². The molecule has 70 valence electrons. The molecule has 13 heavy (non-hydrogen) atoms. The van der Waals surface area contributed by atoms with E-state index in [4.69, 9.17) is 5.11 Å². The standard InChI is InChI=1S/C9H10INO2/c1-11(2)7-5-3-4-6(10)8(7)9(12)13/h3-5H,1-2H3,(H,12,13). The van der Waals surface area contributed by atoms with Gasteiger partial charge in [-0.05, 0) is 34.7 Å². The lowest BCUT2D eigenvalue weighted by atomic mass is 10.1. The Morgan fingerprint density at radius 3 is 2.46 bits per heavy atom. The van der Waals surface area contributed by atoms with Crippen LogP contribution in [-0.4, -0.2) is 25.2 Å². The molecule has 0 aromatic heterocycles. The second-order valence-electron chi connectivity index (χ2n) is 2.83. The molecule has 1 aromatic carbocycles. The summed E-state index contributed by atoms with van der Waals surface area (Å²) in [6.07, 6.45) is 0. The molecule has 0 bridgehead atoms. The van der Waals surface area contributed by atoms with Crippen LogP contribution in [-0.2, 0) is 0 Å². The molecule has 3 nitrogen and oxygen atoms in total. The Morgan fingerprint density at radius 2 is 2.08 bits per heavy atom. The maximum atomic E-state index is 10.9. The van der Waals surface area contributed by atoms with Crippen molar-refractivity contribution in [1.29, 1.82) is 0 Å². The van der Waals surface area contributed by atoms with Crippen LogP contribution >= 0.6 is 22.6 Å². The molecule has 0 saturated heterocycles. The van der Waals surface area contributed by atoms with Crippen molar-refractivity contribution in [3.05, 3.63) is 27.3 Å². The molecule has 1 N–H and O–H groups in total. The zero-order chi connectivity index (χ0) is 10.0. The minimum absolute atomic E-state index is 0.369. The fourth-order valence-corrected chi connectivity index (χ4v) is 1.81. The molecule has 0 unspecified atom stereocenters. The SMILES string of the molecule is CN(C)c1cccc(I)c1C(=O)O. The number of hydrogen-bond acceptors (Lipinski definition) is 2. The van der Waals surface area contributed by atoms with E-state index in [1.165, 1.54) is 0 Å². The predicted octanol–water partition coefficient (Wildman–Crippen LogP) is 2.06. The van der Waals surface area contributed by atoms with Gasteiger partial charge < -0.3 is 10.0 Å². The summed E-state index contributed by atoms with van der Waals surface area (Å²) in [4.78, 5) is 12.7. The van der Waals surface area contributed by atoms with E-state index in [9.17, 15) is 4.79 Å². The average molecular weight is 291 g/mol. The predicted molar refractivity (Wildman–Crippen MR) is 60.4 cm³/mol. The van der Waals surface area contributed by atoms with Crippen LogP contribution in [0.4, 0.5) is 5.69 Å². The smallest absolute Gasteiger partial charge is 0.338 e. The van der Waals surface area contributed by atoms with Crippen LogP contribution < -0.4 is 4.90 Å². The molecular weight excluding hydrogens is 281 g/mol. The van der Waals surface area contributed by atoms with Crippen molar-refractivity contribution in [2.45, 2.75) is 0 Å². The van der Waals surface area contributed by atoms with Gasteiger partial charge >= 0.3 is 5.97 Å². The van der Waals surface area contributed by atoms with E-state index in [1.807, 2.05) is 42.8 Å². The number of rotatable bonds is 2. The van der Waals surface area contributed by atoms with E-state index in [-0.39, 0.29) is 0 Å². The quantitative estimate of drug-likeness (QED) is 0.848. The molecule has 1 rings (SSSR count). The topological polar surface area (TPSA) is 40.5 Å². The normalized spacial score (nSPS) is 9.77. The molecule has 0 saturated carbocycles.